The zero-order chi connectivity index (χ0) is 28.5. The number of alkyl carbamates (subject to hydrolysis) is 1. The average molecular weight is 538 g/mol. The van der Waals surface area contributed by atoms with Crippen LogP contribution in [0.2, 0.25) is 0 Å². The molecular weight excluding hydrogens is 504 g/mol. The molecule has 1 aliphatic rings. The lowest BCUT2D eigenvalue weighted by Gasteiger charge is -2.37. The van der Waals surface area contributed by atoms with Gasteiger partial charge in [0.05, 0.1) is 18.5 Å². The van der Waals surface area contributed by atoms with Gasteiger partial charge in [-0.2, -0.15) is 18.4 Å². The summed E-state index contributed by atoms with van der Waals surface area (Å²) in [5, 5.41) is 31.4. The molecule has 2 atom stereocenters. The van der Waals surface area contributed by atoms with Gasteiger partial charge in [-0.25, -0.2) is 4.79 Å². The lowest BCUT2D eigenvalue weighted by atomic mass is 9.76. The fourth-order valence-electron chi connectivity index (χ4n) is 4.14. The molecule has 3 N–H and O–H groups in total. The van der Waals surface area contributed by atoms with Crippen LogP contribution in [0.25, 0.3) is 0 Å². The van der Waals surface area contributed by atoms with Crippen LogP contribution in [0.3, 0.4) is 0 Å². The van der Waals surface area contributed by atoms with Crippen molar-refractivity contribution in [3.05, 3.63) is 47.5 Å². The Bertz CT molecular complexity index is 1010. The summed E-state index contributed by atoms with van der Waals surface area (Å²) in [6.45, 7) is 1.83. The van der Waals surface area contributed by atoms with E-state index in [2.05, 4.69) is 5.32 Å². The van der Waals surface area contributed by atoms with E-state index in [1.165, 1.54) is 31.9 Å². The van der Waals surface area contributed by atoms with Gasteiger partial charge in [-0.3, -0.25) is 9.69 Å². The summed E-state index contributed by atoms with van der Waals surface area (Å²) in [6, 6.07) is 10.2. The summed E-state index contributed by atoms with van der Waals surface area (Å²) in [7, 11) is -0.578. The normalized spacial score (nSPS) is 17.5. The molecule has 2 amide bonds. The summed E-state index contributed by atoms with van der Waals surface area (Å²) in [5.41, 5.74) is -0.766. The van der Waals surface area contributed by atoms with Gasteiger partial charge < -0.3 is 25.0 Å². The van der Waals surface area contributed by atoms with Crippen molar-refractivity contribution in [3.63, 3.8) is 0 Å². The number of ether oxygens (including phenoxy) is 1. The minimum absolute atomic E-state index is 0.149. The highest BCUT2D eigenvalue weighted by molar-refractivity contribution is 6.43. The Hall–Kier alpha value is -3.08. The number of carbonyl (C=O) groups is 2. The Kier molecular flexibility index (Phi) is 11.2. The fourth-order valence-corrected chi connectivity index (χ4v) is 4.14. The van der Waals surface area contributed by atoms with E-state index >= 15 is 0 Å². The van der Waals surface area contributed by atoms with Crippen LogP contribution in [0, 0.1) is 11.3 Å². The summed E-state index contributed by atoms with van der Waals surface area (Å²) >= 11 is 0. The molecule has 0 spiro atoms. The second-order valence-electron chi connectivity index (χ2n) is 9.90. The number of nitrogens with zero attached hydrogens (tertiary/aromatic N) is 3. The Morgan fingerprint density at radius 1 is 1.29 bits per heavy atom. The second-order valence-corrected chi connectivity index (χ2v) is 9.90. The van der Waals surface area contributed by atoms with Gasteiger partial charge in [0.1, 0.15) is 18.2 Å². The van der Waals surface area contributed by atoms with E-state index in [9.17, 15) is 38.1 Å². The molecule has 0 aromatic heterocycles. The van der Waals surface area contributed by atoms with Crippen molar-refractivity contribution in [1.82, 2.24) is 15.1 Å². The van der Waals surface area contributed by atoms with Gasteiger partial charge >= 0.3 is 19.4 Å². The highest BCUT2D eigenvalue weighted by atomic mass is 19.4. The summed E-state index contributed by atoms with van der Waals surface area (Å²) in [5.74, 6) is -1.68. The van der Waals surface area contributed by atoms with E-state index in [1.54, 1.807) is 30.3 Å². The number of hydrogen-bond donors (Lipinski definition) is 3. The van der Waals surface area contributed by atoms with E-state index in [-0.39, 0.29) is 25.1 Å². The highest BCUT2D eigenvalue weighted by Crippen LogP contribution is 2.25. The Balaban J connectivity index is 2.06. The molecule has 0 saturated carbocycles. The van der Waals surface area contributed by atoms with E-state index in [0.717, 1.165) is 16.9 Å². The average Bonchev–Trinajstić information content (AvgIpc) is 2.85. The molecule has 0 unspecified atom stereocenters. The molecule has 1 heterocycles. The van der Waals surface area contributed by atoms with E-state index in [4.69, 9.17) is 4.74 Å². The molecule has 38 heavy (non-hydrogen) atoms. The molecule has 9 nitrogen and oxygen atoms in total. The first kappa shape index (κ1) is 31.1. The molecule has 13 heteroatoms. The molecule has 0 radical (unpaired) electrons. The number of hydrogen-bond acceptors (Lipinski definition) is 7. The molecule has 1 aromatic carbocycles. The van der Waals surface area contributed by atoms with Gasteiger partial charge in [0, 0.05) is 12.1 Å². The van der Waals surface area contributed by atoms with Crippen LogP contribution < -0.4 is 5.32 Å². The van der Waals surface area contributed by atoms with E-state index in [0.29, 0.717) is 12.8 Å². The molecular formula is C25H34BF3N4O5. The maximum Gasteiger partial charge on any atom is 0.475 e. The topological polar surface area (TPSA) is 126 Å². The van der Waals surface area contributed by atoms with Crippen molar-refractivity contribution in [2.75, 3.05) is 26.7 Å². The number of benzene rings is 1. The van der Waals surface area contributed by atoms with Crippen molar-refractivity contribution < 1.29 is 37.5 Å². The first-order chi connectivity index (χ1) is 17.7. The van der Waals surface area contributed by atoms with Crippen molar-refractivity contribution in [3.8, 4) is 6.07 Å². The summed E-state index contributed by atoms with van der Waals surface area (Å²) in [6.07, 6.45) is -2.09. The molecule has 0 bridgehead atoms. The smallest absolute Gasteiger partial charge is 0.447 e. The number of alkyl halides is 3. The minimum atomic E-state index is -4.45. The Morgan fingerprint density at radius 2 is 1.95 bits per heavy atom. The van der Waals surface area contributed by atoms with Gasteiger partial charge in [-0.15, -0.1) is 0 Å². The quantitative estimate of drug-likeness (QED) is 0.237. The van der Waals surface area contributed by atoms with Crippen LogP contribution in [0.1, 0.15) is 38.7 Å². The van der Waals surface area contributed by atoms with Crippen LogP contribution in [-0.2, 0) is 16.0 Å². The molecule has 1 saturated heterocycles. The lowest BCUT2D eigenvalue weighted by molar-refractivity contribution is -0.150. The number of carbonyl (C=O) groups excluding carboxylic acids is 2. The molecule has 1 fully saturated rings. The second kappa shape index (κ2) is 13.6. The summed E-state index contributed by atoms with van der Waals surface area (Å²) in [4.78, 5) is 28.0. The molecule has 208 valence electrons. The van der Waals surface area contributed by atoms with Crippen LogP contribution in [0.4, 0.5) is 18.0 Å². The van der Waals surface area contributed by atoms with Gasteiger partial charge in [-0.1, -0.05) is 30.3 Å². The van der Waals surface area contributed by atoms with Crippen molar-refractivity contribution in [2.24, 2.45) is 0 Å². The first-order valence-corrected chi connectivity index (χ1v) is 12.3. The number of nitriles is 1. The zero-order valence-electron chi connectivity index (χ0n) is 21.7. The number of piperidine rings is 1. The number of amides is 2. The predicted octanol–water partition coefficient (Wildman–Crippen LogP) is 2.44. The van der Waals surface area contributed by atoms with Crippen LogP contribution in [0.5, 0.6) is 0 Å². The third-order valence-electron chi connectivity index (χ3n) is 6.51. The van der Waals surface area contributed by atoms with Crippen LogP contribution in [0.15, 0.2) is 42.0 Å². The summed E-state index contributed by atoms with van der Waals surface area (Å²) < 4.78 is 43.9. The van der Waals surface area contributed by atoms with E-state index < -0.39 is 49.4 Å². The SMILES string of the molecule is CN(CC(F)(F)F)C(C)(C)/C=C(\C#N)C(=O)N1CCCC[C@@H]1COC(=O)N[C@@H](Cc1ccccc1)B(O)O. The van der Waals surface area contributed by atoms with Crippen LogP contribution in [-0.4, -0.2) is 89.4 Å². The van der Waals surface area contributed by atoms with Crippen molar-refractivity contribution in [1.29, 1.82) is 5.26 Å². The predicted molar refractivity (Wildman–Crippen MR) is 134 cm³/mol. The van der Waals surface area contributed by atoms with E-state index in [1.807, 2.05) is 6.07 Å². The standard InChI is InChI=1S/C25H34BF3N4O5/c1-24(2,32(3)17-25(27,28)29)14-19(15-30)22(34)33-12-8-7-11-20(33)16-38-23(35)31-21(26(36)37)13-18-9-5-4-6-10-18/h4-6,9-10,14,20-21,36-37H,7-8,11-13,16-17H2,1-3H3,(H,31,35)/b19-14+/t20-,21+/m1/s1. The first-order valence-electron chi connectivity index (χ1n) is 12.3. The third-order valence-corrected chi connectivity index (χ3v) is 6.51. The number of nitrogens with one attached hydrogen (secondary N) is 1. The minimum Gasteiger partial charge on any atom is -0.447 e. The van der Waals surface area contributed by atoms with Crippen molar-refractivity contribution in [2.45, 2.75) is 63.2 Å². The molecule has 1 aliphatic heterocycles. The molecule has 0 aliphatic carbocycles. The maximum absolute atomic E-state index is 13.2. The Labute approximate surface area is 221 Å². The van der Waals surface area contributed by atoms with Gasteiger partial charge in [-0.05, 0) is 58.2 Å². The number of likely N-dealkylation sites (N-methyl/N-ethyl adjacent to an activating group) is 1. The Morgan fingerprint density at radius 3 is 2.53 bits per heavy atom. The monoisotopic (exact) mass is 538 g/mol. The highest BCUT2D eigenvalue weighted by Gasteiger charge is 2.36. The molecule has 1 aromatic rings. The molecule has 2 rings (SSSR count). The number of likely N-dealkylation sites (tertiary alicyclic amines) is 1. The van der Waals surface area contributed by atoms with Crippen LogP contribution >= 0.6 is 0 Å². The number of rotatable bonds is 10. The largest absolute Gasteiger partial charge is 0.475 e. The third kappa shape index (κ3) is 9.66. The van der Waals surface area contributed by atoms with Gasteiger partial charge in [0.15, 0.2) is 0 Å². The van der Waals surface area contributed by atoms with Crippen molar-refractivity contribution >= 4 is 19.1 Å². The van der Waals surface area contributed by atoms with Gasteiger partial charge in [0.25, 0.3) is 5.91 Å². The maximum atomic E-state index is 13.2. The lowest BCUT2D eigenvalue weighted by Crippen LogP contribution is -2.50. The van der Waals surface area contributed by atoms with Gasteiger partial charge in [0.2, 0.25) is 0 Å². The zero-order valence-corrected chi connectivity index (χ0v) is 21.7. The fraction of sp³-hybridized carbons (Fsp3) is 0.560. The number of halogens is 3.